The molecule has 1 amide bonds. The molecular weight excluding hydrogens is 290 g/mol. The summed E-state index contributed by atoms with van der Waals surface area (Å²) in [6.07, 6.45) is 0. The fourth-order valence-electron chi connectivity index (χ4n) is 2.21. The summed E-state index contributed by atoms with van der Waals surface area (Å²) in [6.45, 7) is 4.72. The molecule has 0 bridgehead atoms. The number of aromatic amines is 1. The minimum Gasteiger partial charge on any atom is -0.345 e. The Morgan fingerprint density at radius 3 is 2.62 bits per heavy atom. The predicted octanol–water partition coefficient (Wildman–Crippen LogP) is 0.497. The van der Waals surface area contributed by atoms with E-state index in [-0.39, 0.29) is 17.2 Å². The van der Waals surface area contributed by atoms with Crippen molar-refractivity contribution >= 4 is 22.4 Å². The van der Waals surface area contributed by atoms with Gasteiger partial charge in [-0.2, -0.15) is 5.10 Å². The number of hydrogen-bond acceptors (Lipinski definition) is 6. The molecule has 110 valence electrons. The maximum Gasteiger partial charge on any atom is 0.274 e. The van der Waals surface area contributed by atoms with Crippen molar-refractivity contribution in [2.24, 2.45) is 0 Å². The number of carbonyl (C=O) groups excluding carboxylic acids is 1. The quantitative estimate of drug-likeness (QED) is 0.873. The van der Waals surface area contributed by atoms with E-state index in [1.165, 1.54) is 12.1 Å². The number of aromatic nitrogens is 3. The van der Waals surface area contributed by atoms with E-state index in [1.54, 1.807) is 16.2 Å². The van der Waals surface area contributed by atoms with E-state index in [9.17, 15) is 9.59 Å². The van der Waals surface area contributed by atoms with E-state index >= 15 is 0 Å². The number of hydrogen-bond donors (Lipinski definition) is 1. The van der Waals surface area contributed by atoms with Gasteiger partial charge < -0.3 is 9.80 Å². The lowest BCUT2D eigenvalue weighted by Gasteiger charge is -2.34. The van der Waals surface area contributed by atoms with Gasteiger partial charge in [0.05, 0.1) is 5.69 Å². The van der Waals surface area contributed by atoms with E-state index in [1.807, 2.05) is 12.3 Å². The molecule has 8 heteroatoms. The van der Waals surface area contributed by atoms with Crippen molar-refractivity contribution in [1.82, 2.24) is 20.1 Å². The van der Waals surface area contributed by atoms with E-state index in [4.69, 9.17) is 0 Å². The maximum absolute atomic E-state index is 12.3. The van der Waals surface area contributed by atoms with Gasteiger partial charge in [-0.3, -0.25) is 9.59 Å². The Balaban J connectivity index is 1.64. The lowest BCUT2D eigenvalue weighted by Crippen LogP contribution is -2.49. The topological polar surface area (TPSA) is 82.2 Å². The highest BCUT2D eigenvalue weighted by atomic mass is 32.1. The van der Waals surface area contributed by atoms with Gasteiger partial charge in [-0.1, -0.05) is 0 Å². The first-order valence-electron chi connectivity index (χ1n) is 6.65. The van der Waals surface area contributed by atoms with Gasteiger partial charge >= 0.3 is 0 Å². The molecule has 1 aliphatic heterocycles. The molecule has 21 heavy (non-hydrogen) atoms. The van der Waals surface area contributed by atoms with Crippen LogP contribution in [0.25, 0.3) is 0 Å². The van der Waals surface area contributed by atoms with Crippen molar-refractivity contribution in [2.45, 2.75) is 6.92 Å². The molecule has 0 saturated carbocycles. The third-order valence-corrected chi connectivity index (χ3v) is 4.36. The number of aryl methyl sites for hydroxylation is 1. The van der Waals surface area contributed by atoms with Gasteiger partial charge in [-0.05, 0) is 13.0 Å². The first-order valence-corrected chi connectivity index (χ1v) is 7.53. The Kier molecular flexibility index (Phi) is 3.70. The molecule has 0 radical (unpaired) electrons. The number of thiazole rings is 1. The molecular formula is C13H15N5O2S. The monoisotopic (exact) mass is 305 g/mol. The summed E-state index contributed by atoms with van der Waals surface area (Å²) in [7, 11) is 0. The van der Waals surface area contributed by atoms with Crippen LogP contribution in [-0.2, 0) is 0 Å². The van der Waals surface area contributed by atoms with Gasteiger partial charge in [-0.15, -0.1) is 11.3 Å². The lowest BCUT2D eigenvalue weighted by molar-refractivity contribution is 0.0739. The molecule has 1 fully saturated rings. The molecule has 0 aliphatic carbocycles. The number of carbonyl (C=O) groups is 1. The number of piperazine rings is 1. The maximum atomic E-state index is 12.3. The highest BCUT2D eigenvalue weighted by Crippen LogP contribution is 2.21. The van der Waals surface area contributed by atoms with Gasteiger partial charge in [0.15, 0.2) is 5.13 Å². The molecule has 2 aromatic rings. The van der Waals surface area contributed by atoms with Crippen LogP contribution >= 0.6 is 11.3 Å². The SMILES string of the molecule is Cc1csc(N2CCN(C(=O)c3ccc(=O)[nH]n3)CC2)n1. The van der Waals surface area contributed by atoms with Gasteiger partial charge in [0.1, 0.15) is 5.69 Å². The zero-order valence-corrected chi connectivity index (χ0v) is 12.4. The average molecular weight is 305 g/mol. The second-order valence-electron chi connectivity index (χ2n) is 4.86. The van der Waals surface area contributed by atoms with Crippen LogP contribution in [0, 0.1) is 6.92 Å². The van der Waals surface area contributed by atoms with Crippen LogP contribution in [0.4, 0.5) is 5.13 Å². The predicted molar refractivity (Wildman–Crippen MR) is 79.8 cm³/mol. The summed E-state index contributed by atoms with van der Waals surface area (Å²) in [4.78, 5) is 31.6. The first-order chi connectivity index (χ1) is 10.1. The Hall–Kier alpha value is -2.22. The standard InChI is InChI=1S/C13H15N5O2S/c1-9-8-21-13(14-9)18-6-4-17(5-7-18)12(20)10-2-3-11(19)16-15-10/h2-3,8H,4-7H2,1H3,(H,16,19). The van der Waals surface area contributed by atoms with Gasteiger partial charge in [0.25, 0.3) is 11.5 Å². The highest BCUT2D eigenvalue weighted by Gasteiger charge is 2.24. The second kappa shape index (κ2) is 5.65. The number of amides is 1. The minimum absolute atomic E-state index is 0.152. The molecule has 2 aromatic heterocycles. The average Bonchev–Trinajstić information content (AvgIpc) is 2.94. The summed E-state index contributed by atoms with van der Waals surface area (Å²) in [5.74, 6) is -0.152. The summed E-state index contributed by atoms with van der Waals surface area (Å²) < 4.78 is 0. The van der Waals surface area contributed by atoms with Gasteiger partial charge in [0.2, 0.25) is 0 Å². The molecule has 0 aromatic carbocycles. The molecule has 0 spiro atoms. The van der Waals surface area contributed by atoms with E-state index < -0.39 is 0 Å². The van der Waals surface area contributed by atoms with Crippen molar-refractivity contribution in [1.29, 1.82) is 0 Å². The van der Waals surface area contributed by atoms with Crippen molar-refractivity contribution < 1.29 is 4.79 Å². The van der Waals surface area contributed by atoms with E-state index in [2.05, 4.69) is 20.1 Å². The molecule has 3 heterocycles. The van der Waals surface area contributed by atoms with Crippen LogP contribution in [0.15, 0.2) is 22.3 Å². The van der Waals surface area contributed by atoms with Crippen LogP contribution in [0.2, 0.25) is 0 Å². The zero-order chi connectivity index (χ0) is 14.8. The Bertz CT molecular complexity index is 682. The van der Waals surface area contributed by atoms with Gasteiger partial charge in [0, 0.05) is 37.6 Å². The zero-order valence-electron chi connectivity index (χ0n) is 11.6. The number of H-pyrrole nitrogens is 1. The fraction of sp³-hybridized carbons (Fsp3) is 0.385. The molecule has 0 atom stereocenters. The highest BCUT2D eigenvalue weighted by molar-refractivity contribution is 7.13. The van der Waals surface area contributed by atoms with Crippen molar-refractivity contribution in [2.75, 3.05) is 31.1 Å². The minimum atomic E-state index is -0.310. The number of rotatable bonds is 2. The summed E-state index contributed by atoms with van der Waals surface area (Å²) in [6, 6.07) is 2.77. The second-order valence-corrected chi connectivity index (χ2v) is 5.69. The summed E-state index contributed by atoms with van der Waals surface area (Å²) in [5.41, 5.74) is 0.981. The van der Waals surface area contributed by atoms with Crippen molar-refractivity contribution in [3.8, 4) is 0 Å². The first kappa shape index (κ1) is 13.7. The normalized spacial score (nSPS) is 15.3. The fourth-order valence-corrected chi connectivity index (χ4v) is 3.07. The van der Waals surface area contributed by atoms with Crippen LogP contribution < -0.4 is 10.5 Å². The van der Waals surface area contributed by atoms with Gasteiger partial charge in [-0.25, -0.2) is 10.1 Å². The van der Waals surface area contributed by atoms with Crippen molar-refractivity contribution in [3.63, 3.8) is 0 Å². The van der Waals surface area contributed by atoms with Crippen molar-refractivity contribution in [3.05, 3.63) is 39.3 Å². The van der Waals surface area contributed by atoms with E-state index in [0.717, 1.165) is 23.9 Å². The summed E-state index contributed by atoms with van der Waals surface area (Å²) in [5, 5.41) is 9.09. The number of anilines is 1. The Morgan fingerprint density at radius 2 is 2.05 bits per heavy atom. The molecule has 7 nitrogen and oxygen atoms in total. The van der Waals surface area contributed by atoms with Crippen LogP contribution in [0.1, 0.15) is 16.2 Å². The molecule has 1 saturated heterocycles. The number of nitrogens with one attached hydrogen (secondary N) is 1. The van der Waals surface area contributed by atoms with Crippen LogP contribution in [0.3, 0.4) is 0 Å². The Morgan fingerprint density at radius 1 is 1.29 bits per heavy atom. The smallest absolute Gasteiger partial charge is 0.274 e. The Labute approximate surface area is 125 Å². The van der Waals surface area contributed by atoms with Crippen LogP contribution in [-0.4, -0.2) is 52.2 Å². The van der Waals surface area contributed by atoms with Crippen LogP contribution in [0.5, 0.6) is 0 Å². The largest absolute Gasteiger partial charge is 0.345 e. The molecule has 1 N–H and O–H groups in total. The molecule has 1 aliphatic rings. The summed E-state index contributed by atoms with van der Waals surface area (Å²) >= 11 is 1.62. The molecule has 3 rings (SSSR count). The number of nitrogens with zero attached hydrogens (tertiary/aromatic N) is 4. The van der Waals surface area contributed by atoms with E-state index in [0.29, 0.717) is 13.1 Å². The third kappa shape index (κ3) is 2.94. The molecule has 0 unspecified atom stereocenters. The lowest BCUT2D eigenvalue weighted by atomic mass is 10.3. The third-order valence-electron chi connectivity index (χ3n) is 3.34.